The Kier molecular flexibility index (Phi) is 9.89. The Morgan fingerprint density at radius 1 is 0.882 bits per heavy atom. The van der Waals surface area contributed by atoms with Gasteiger partial charge in [0.1, 0.15) is 18.2 Å². The van der Waals surface area contributed by atoms with E-state index in [0.29, 0.717) is 18.4 Å². The van der Waals surface area contributed by atoms with Crippen LogP contribution in [0.25, 0.3) is 0 Å². The summed E-state index contributed by atoms with van der Waals surface area (Å²) in [4.78, 5) is 12.8. The van der Waals surface area contributed by atoms with Gasteiger partial charge in [0.25, 0.3) is 7.37 Å². The van der Waals surface area contributed by atoms with Crippen LogP contribution in [0.5, 0.6) is 0 Å². The van der Waals surface area contributed by atoms with Gasteiger partial charge in [-0.05, 0) is 23.1 Å². The van der Waals surface area contributed by atoms with E-state index in [4.69, 9.17) is 9.26 Å². The molecule has 3 aromatic rings. The maximum Gasteiger partial charge on any atom is 0.408 e. The molecule has 3 atom stereocenters. The van der Waals surface area contributed by atoms with Gasteiger partial charge in [-0.25, -0.2) is 4.79 Å². The van der Waals surface area contributed by atoms with Crippen molar-refractivity contribution in [3.8, 4) is 0 Å². The Labute approximate surface area is 201 Å². The maximum atomic E-state index is 14.4. The van der Waals surface area contributed by atoms with Crippen LogP contribution in [0.1, 0.15) is 48.7 Å². The van der Waals surface area contributed by atoms with Crippen LogP contribution in [0.15, 0.2) is 91.0 Å². The van der Waals surface area contributed by atoms with Gasteiger partial charge in [-0.1, -0.05) is 111 Å². The van der Waals surface area contributed by atoms with Crippen LogP contribution in [0.4, 0.5) is 4.79 Å². The number of benzene rings is 3. The minimum Gasteiger partial charge on any atom is -0.445 e. The van der Waals surface area contributed by atoms with Crippen LogP contribution in [-0.2, 0) is 27.0 Å². The molecule has 0 aliphatic carbocycles. The lowest BCUT2D eigenvalue weighted by molar-refractivity contribution is 0.135. The molecule has 2 N–H and O–H groups in total. The summed E-state index contributed by atoms with van der Waals surface area (Å²) in [6, 6.07) is 27.6. The first kappa shape index (κ1) is 25.7. The third-order valence-corrected chi connectivity index (χ3v) is 8.22. The lowest BCUT2D eigenvalue weighted by Gasteiger charge is -2.32. The fraction of sp³-hybridized carbons (Fsp3) is 0.296. The molecular formula is C27H32NO5P. The molecule has 0 heterocycles. The normalized spacial score (nSPS) is 14.5. The number of unbranched alkanes of at least 4 members (excludes halogenated alkanes) is 1. The Balaban J connectivity index is 1.86. The number of alkyl carbamates (subject to hydrolysis) is 1. The molecule has 0 fully saturated rings. The lowest BCUT2D eigenvalue weighted by Crippen LogP contribution is -2.32. The molecular weight excluding hydrogens is 449 g/mol. The van der Waals surface area contributed by atoms with Crippen LogP contribution < -0.4 is 5.32 Å². The summed E-state index contributed by atoms with van der Waals surface area (Å²) in [5.74, 6) is -2.30. The predicted molar refractivity (Wildman–Crippen MR) is 133 cm³/mol. The molecule has 7 heteroatoms. The zero-order chi connectivity index (χ0) is 24.2. The molecule has 0 spiro atoms. The topological polar surface area (TPSA) is 84.9 Å². The third-order valence-electron chi connectivity index (χ3n) is 5.45. The van der Waals surface area contributed by atoms with E-state index >= 15 is 0 Å². The van der Waals surface area contributed by atoms with E-state index in [2.05, 4.69) is 5.32 Å². The van der Waals surface area contributed by atoms with Gasteiger partial charge in [-0.2, -0.15) is 0 Å². The Morgan fingerprint density at radius 3 is 1.97 bits per heavy atom. The average Bonchev–Trinajstić information content (AvgIpc) is 2.89. The molecule has 34 heavy (non-hydrogen) atoms. The van der Waals surface area contributed by atoms with E-state index in [1.54, 1.807) is 24.3 Å². The van der Waals surface area contributed by atoms with E-state index in [1.807, 2.05) is 73.7 Å². The molecule has 0 saturated heterocycles. The lowest BCUT2D eigenvalue weighted by atomic mass is 10.2. The van der Waals surface area contributed by atoms with Crippen molar-refractivity contribution in [3.63, 3.8) is 0 Å². The monoisotopic (exact) mass is 481 g/mol. The Morgan fingerprint density at radius 2 is 1.41 bits per heavy atom. The summed E-state index contributed by atoms with van der Waals surface area (Å²) in [7, 11) is -3.84. The molecule has 0 radical (unpaired) electrons. The summed E-state index contributed by atoms with van der Waals surface area (Å²) in [5.41, 5.74) is 2.23. The Bertz CT molecular complexity index is 1050. The highest BCUT2D eigenvalue weighted by Crippen LogP contribution is 2.63. The van der Waals surface area contributed by atoms with Crippen molar-refractivity contribution in [3.05, 3.63) is 108 Å². The summed E-state index contributed by atoms with van der Waals surface area (Å²) in [5, 5.41) is 13.8. The second-order valence-electron chi connectivity index (χ2n) is 8.05. The number of hydrogen-bond acceptors (Lipinski definition) is 5. The van der Waals surface area contributed by atoms with Crippen LogP contribution in [0.2, 0.25) is 0 Å². The summed E-state index contributed by atoms with van der Waals surface area (Å²) >= 11 is 0. The number of amides is 1. The van der Waals surface area contributed by atoms with E-state index in [0.717, 1.165) is 17.5 Å². The van der Waals surface area contributed by atoms with Gasteiger partial charge in [-0.15, -0.1) is 0 Å². The number of nitrogens with one attached hydrogen (secondary N) is 1. The first-order valence-electron chi connectivity index (χ1n) is 11.5. The van der Waals surface area contributed by atoms with Crippen molar-refractivity contribution in [2.45, 2.75) is 51.0 Å². The molecule has 0 saturated carbocycles. The predicted octanol–water partition coefficient (Wildman–Crippen LogP) is 6.62. The number of carbonyl (C=O) groups is 1. The molecule has 3 aromatic carbocycles. The zero-order valence-corrected chi connectivity index (χ0v) is 20.3. The SMILES string of the molecule is CCCCC(O)P(=O)(OCc1ccccc1)C(NC(=O)OCc1ccccc1)c1ccccc1. The fourth-order valence-corrected chi connectivity index (χ4v) is 5.97. The number of aliphatic hydroxyl groups excluding tert-OH is 1. The number of rotatable bonds is 12. The van der Waals surface area contributed by atoms with Gasteiger partial charge in [0.05, 0.1) is 6.61 Å². The highest BCUT2D eigenvalue weighted by molar-refractivity contribution is 7.59. The van der Waals surface area contributed by atoms with Gasteiger partial charge in [0.2, 0.25) is 0 Å². The molecule has 3 rings (SSSR count). The first-order chi connectivity index (χ1) is 16.5. The minimum atomic E-state index is -3.84. The average molecular weight is 482 g/mol. The fourth-order valence-electron chi connectivity index (χ4n) is 3.54. The smallest absolute Gasteiger partial charge is 0.408 e. The first-order valence-corrected chi connectivity index (χ1v) is 13.3. The van der Waals surface area contributed by atoms with Gasteiger partial charge in [0.15, 0.2) is 0 Å². The zero-order valence-electron chi connectivity index (χ0n) is 19.4. The van der Waals surface area contributed by atoms with Crippen molar-refractivity contribution >= 4 is 13.5 Å². The van der Waals surface area contributed by atoms with Crippen molar-refractivity contribution in [1.29, 1.82) is 0 Å². The van der Waals surface area contributed by atoms with Gasteiger partial charge < -0.3 is 19.7 Å². The van der Waals surface area contributed by atoms with E-state index in [1.165, 1.54) is 0 Å². The summed E-state index contributed by atoms with van der Waals surface area (Å²) in [6.07, 6.45) is 1.08. The quantitative estimate of drug-likeness (QED) is 0.284. The van der Waals surface area contributed by atoms with Crippen LogP contribution in [0, 0.1) is 0 Å². The highest BCUT2D eigenvalue weighted by atomic mass is 31.2. The molecule has 0 aliphatic rings. The van der Waals surface area contributed by atoms with Crippen molar-refractivity contribution in [1.82, 2.24) is 5.32 Å². The molecule has 0 aliphatic heterocycles. The number of aliphatic hydroxyl groups is 1. The molecule has 3 unspecified atom stereocenters. The Hall–Kier alpha value is -2.92. The maximum absolute atomic E-state index is 14.4. The van der Waals surface area contributed by atoms with Gasteiger partial charge in [0, 0.05) is 0 Å². The number of ether oxygens (including phenoxy) is 1. The molecule has 0 bridgehead atoms. The molecule has 6 nitrogen and oxygen atoms in total. The minimum absolute atomic E-state index is 0.0470. The highest BCUT2D eigenvalue weighted by Gasteiger charge is 2.43. The number of carbonyl (C=O) groups excluding carboxylic acids is 1. The standard InChI is InChI=1S/C27H32NO5P/c1-2-3-19-25(29)34(31,33-21-23-15-9-5-10-16-23)26(24-17-11-6-12-18-24)28-27(30)32-20-22-13-7-4-8-14-22/h4-18,25-26,29H,2-3,19-21H2,1H3,(H,28,30). The number of hydrogen-bond donors (Lipinski definition) is 2. The molecule has 180 valence electrons. The second-order valence-corrected chi connectivity index (χ2v) is 10.7. The van der Waals surface area contributed by atoms with E-state index in [-0.39, 0.29) is 13.2 Å². The van der Waals surface area contributed by atoms with E-state index in [9.17, 15) is 14.5 Å². The van der Waals surface area contributed by atoms with Crippen LogP contribution >= 0.6 is 7.37 Å². The molecule has 1 amide bonds. The second kappa shape index (κ2) is 13.1. The third kappa shape index (κ3) is 7.29. The van der Waals surface area contributed by atoms with Crippen LogP contribution in [-0.4, -0.2) is 17.0 Å². The van der Waals surface area contributed by atoms with Crippen molar-refractivity contribution in [2.24, 2.45) is 0 Å². The largest absolute Gasteiger partial charge is 0.445 e. The summed E-state index contributed by atoms with van der Waals surface area (Å²) < 4.78 is 25.7. The van der Waals surface area contributed by atoms with Crippen molar-refractivity contribution in [2.75, 3.05) is 0 Å². The van der Waals surface area contributed by atoms with Crippen molar-refractivity contribution < 1.29 is 23.7 Å². The van der Waals surface area contributed by atoms with Crippen LogP contribution in [0.3, 0.4) is 0 Å². The molecule has 0 aromatic heterocycles. The van der Waals surface area contributed by atoms with Gasteiger partial charge >= 0.3 is 6.09 Å². The van der Waals surface area contributed by atoms with E-state index < -0.39 is 25.1 Å². The van der Waals surface area contributed by atoms with Gasteiger partial charge in [-0.3, -0.25) is 4.57 Å². The summed E-state index contributed by atoms with van der Waals surface area (Å²) in [6.45, 7) is 2.11.